The van der Waals surface area contributed by atoms with E-state index < -0.39 is 10.0 Å². The van der Waals surface area contributed by atoms with E-state index in [1.807, 2.05) is 18.3 Å². The summed E-state index contributed by atoms with van der Waals surface area (Å²) in [6.07, 6.45) is 3.60. The van der Waals surface area contributed by atoms with Gasteiger partial charge in [0.25, 0.3) is 0 Å². The Morgan fingerprint density at radius 1 is 1.11 bits per heavy atom. The first kappa shape index (κ1) is 19.4. The number of sulfonamides is 1. The van der Waals surface area contributed by atoms with Gasteiger partial charge in [0.2, 0.25) is 10.0 Å². The zero-order chi connectivity index (χ0) is 19.1. The molecule has 2 heterocycles. The third-order valence-corrected chi connectivity index (χ3v) is 6.32. The van der Waals surface area contributed by atoms with Gasteiger partial charge in [-0.05, 0) is 42.8 Å². The van der Waals surface area contributed by atoms with E-state index in [0.717, 1.165) is 12.1 Å². The predicted molar refractivity (Wildman–Crippen MR) is 104 cm³/mol. The lowest BCUT2D eigenvalue weighted by atomic mass is 10.2. The zero-order valence-corrected chi connectivity index (χ0v) is 16.2. The summed E-state index contributed by atoms with van der Waals surface area (Å²) in [6, 6.07) is 10.5. The van der Waals surface area contributed by atoms with Crippen molar-refractivity contribution in [3.63, 3.8) is 0 Å². The molecule has 0 aliphatic carbocycles. The molecule has 1 aromatic carbocycles. The Hall–Kier alpha value is -2.40. The standard InChI is InChI=1S/C20H23N3O3S/c1-2-3-15-26-19-6-8-20(9-7-19)27(24,25)23-13-11-22(12-14-23)17-18-5-4-10-21-16-18/h4-10,16H,11-15,17H2,1H3. The van der Waals surface area contributed by atoms with Crippen LogP contribution in [0, 0.1) is 11.8 Å². The van der Waals surface area contributed by atoms with Crippen molar-refractivity contribution in [2.24, 2.45) is 0 Å². The Bertz CT molecular complexity index is 895. The van der Waals surface area contributed by atoms with Crippen LogP contribution in [0.25, 0.3) is 0 Å². The predicted octanol–water partition coefficient (Wildman–Crippen LogP) is 1.99. The number of pyridine rings is 1. The topological polar surface area (TPSA) is 62.7 Å². The lowest BCUT2D eigenvalue weighted by Crippen LogP contribution is -2.48. The summed E-state index contributed by atoms with van der Waals surface area (Å²) >= 11 is 0. The molecule has 0 saturated carbocycles. The number of hydrogen-bond donors (Lipinski definition) is 0. The first-order valence-electron chi connectivity index (χ1n) is 8.83. The molecular weight excluding hydrogens is 362 g/mol. The minimum atomic E-state index is -3.49. The van der Waals surface area contributed by atoms with Gasteiger partial charge in [-0.15, -0.1) is 5.92 Å². The highest BCUT2D eigenvalue weighted by molar-refractivity contribution is 7.89. The van der Waals surface area contributed by atoms with Crippen LogP contribution in [0.1, 0.15) is 12.5 Å². The maximum Gasteiger partial charge on any atom is 0.243 e. The fourth-order valence-electron chi connectivity index (χ4n) is 2.93. The van der Waals surface area contributed by atoms with E-state index in [-0.39, 0.29) is 4.90 Å². The number of hydrogen-bond acceptors (Lipinski definition) is 5. The molecule has 27 heavy (non-hydrogen) atoms. The highest BCUT2D eigenvalue weighted by Gasteiger charge is 2.28. The van der Waals surface area contributed by atoms with Crippen LogP contribution in [0.2, 0.25) is 0 Å². The summed E-state index contributed by atoms with van der Waals surface area (Å²) in [6.45, 7) is 5.18. The van der Waals surface area contributed by atoms with Crippen LogP contribution in [0.3, 0.4) is 0 Å². The molecular formula is C20H23N3O3S. The van der Waals surface area contributed by atoms with E-state index in [4.69, 9.17) is 4.74 Å². The molecule has 1 saturated heterocycles. The molecule has 0 unspecified atom stereocenters. The van der Waals surface area contributed by atoms with Gasteiger partial charge in [-0.2, -0.15) is 4.31 Å². The first-order chi connectivity index (χ1) is 13.1. The van der Waals surface area contributed by atoms with Crippen LogP contribution >= 0.6 is 0 Å². The maximum absolute atomic E-state index is 12.9. The molecule has 6 nitrogen and oxygen atoms in total. The van der Waals surface area contributed by atoms with Gasteiger partial charge in [-0.1, -0.05) is 12.0 Å². The average molecular weight is 385 g/mol. The Morgan fingerprint density at radius 3 is 2.48 bits per heavy atom. The number of piperazine rings is 1. The van der Waals surface area contributed by atoms with Crippen LogP contribution < -0.4 is 4.74 Å². The van der Waals surface area contributed by atoms with Crippen molar-refractivity contribution in [3.8, 4) is 17.6 Å². The summed E-state index contributed by atoms with van der Waals surface area (Å²) in [4.78, 5) is 6.66. The minimum Gasteiger partial charge on any atom is -0.481 e. The fourth-order valence-corrected chi connectivity index (χ4v) is 4.35. The third-order valence-electron chi connectivity index (χ3n) is 4.41. The van der Waals surface area contributed by atoms with Gasteiger partial charge in [-0.25, -0.2) is 8.42 Å². The Balaban J connectivity index is 1.58. The number of aromatic nitrogens is 1. The van der Waals surface area contributed by atoms with Crippen LogP contribution in [0.4, 0.5) is 0 Å². The quantitative estimate of drug-likeness (QED) is 0.712. The molecule has 1 aliphatic heterocycles. The molecule has 2 aromatic rings. The van der Waals surface area contributed by atoms with E-state index in [9.17, 15) is 8.42 Å². The molecule has 0 spiro atoms. The van der Waals surface area contributed by atoms with E-state index in [2.05, 4.69) is 21.7 Å². The summed E-state index contributed by atoms with van der Waals surface area (Å²) in [5.41, 5.74) is 1.14. The van der Waals surface area contributed by atoms with Gasteiger partial charge in [0.1, 0.15) is 12.4 Å². The van der Waals surface area contributed by atoms with Crippen molar-refractivity contribution < 1.29 is 13.2 Å². The Labute approximate surface area is 160 Å². The molecule has 0 N–H and O–H groups in total. The molecule has 1 fully saturated rings. The van der Waals surface area contributed by atoms with Crippen molar-refractivity contribution in [2.75, 3.05) is 32.8 Å². The van der Waals surface area contributed by atoms with Gasteiger partial charge >= 0.3 is 0 Å². The normalized spacial score (nSPS) is 15.7. The summed E-state index contributed by atoms with van der Waals surface area (Å²) in [7, 11) is -3.49. The fraction of sp³-hybridized carbons (Fsp3) is 0.350. The maximum atomic E-state index is 12.9. The number of nitrogens with zero attached hydrogens (tertiary/aromatic N) is 3. The highest BCUT2D eigenvalue weighted by Crippen LogP contribution is 2.21. The number of benzene rings is 1. The Morgan fingerprint density at radius 2 is 1.85 bits per heavy atom. The second-order valence-electron chi connectivity index (χ2n) is 6.23. The van der Waals surface area contributed by atoms with E-state index in [1.54, 1.807) is 41.7 Å². The second kappa shape index (κ2) is 9.00. The van der Waals surface area contributed by atoms with Gasteiger partial charge in [0, 0.05) is 45.1 Å². The van der Waals surface area contributed by atoms with Gasteiger partial charge < -0.3 is 4.74 Å². The van der Waals surface area contributed by atoms with E-state index in [1.165, 1.54) is 0 Å². The van der Waals surface area contributed by atoms with Crippen molar-refractivity contribution in [1.29, 1.82) is 0 Å². The second-order valence-corrected chi connectivity index (χ2v) is 8.17. The molecule has 0 radical (unpaired) electrons. The minimum absolute atomic E-state index is 0.289. The van der Waals surface area contributed by atoms with Crippen molar-refractivity contribution in [1.82, 2.24) is 14.2 Å². The molecule has 0 amide bonds. The van der Waals surface area contributed by atoms with Crippen LogP contribution in [-0.4, -0.2) is 55.4 Å². The van der Waals surface area contributed by atoms with Gasteiger partial charge in [0.05, 0.1) is 4.90 Å². The van der Waals surface area contributed by atoms with E-state index >= 15 is 0 Å². The third kappa shape index (κ3) is 5.07. The molecule has 1 aliphatic rings. The molecule has 0 atom stereocenters. The van der Waals surface area contributed by atoms with Crippen molar-refractivity contribution in [3.05, 3.63) is 54.4 Å². The number of ether oxygens (including phenoxy) is 1. The van der Waals surface area contributed by atoms with Gasteiger partial charge in [-0.3, -0.25) is 9.88 Å². The van der Waals surface area contributed by atoms with Gasteiger partial charge in [0.15, 0.2) is 0 Å². The molecule has 142 valence electrons. The Kier molecular flexibility index (Phi) is 6.45. The monoisotopic (exact) mass is 385 g/mol. The summed E-state index contributed by atoms with van der Waals surface area (Å²) < 4.78 is 32.7. The van der Waals surface area contributed by atoms with Crippen LogP contribution in [0.5, 0.6) is 5.75 Å². The average Bonchev–Trinajstić information content (AvgIpc) is 2.70. The van der Waals surface area contributed by atoms with Crippen molar-refractivity contribution >= 4 is 10.0 Å². The highest BCUT2D eigenvalue weighted by atomic mass is 32.2. The number of rotatable bonds is 6. The largest absolute Gasteiger partial charge is 0.481 e. The molecule has 0 bridgehead atoms. The molecule has 3 rings (SSSR count). The summed E-state index contributed by atoms with van der Waals surface area (Å²) in [5, 5.41) is 0. The van der Waals surface area contributed by atoms with Crippen LogP contribution in [0.15, 0.2) is 53.7 Å². The molecule has 7 heteroatoms. The lowest BCUT2D eigenvalue weighted by molar-refractivity contribution is 0.181. The van der Waals surface area contributed by atoms with E-state index in [0.29, 0.717) is 38.5 Å². The smallest absolute Gasteiger partial charge is 0.243 e. The van der Waals surface area contributed by atoms with Crippen LogP contribution in [-0.2, 0) is 16.6 Å². The van der Waals surface area contributed by atoms with Crippen molar-refractivity contribution in [2.45, 2.75) is 18.4 Å². The first-order valence-corrected chi connectivity index (χ1v) is 10.3. The molecule has 1 aromatic heterocycles. The lowest BCUT2D eigenvalue weighted by Gasteiger charge is -2.33. The zero-order valence-electron chi connectivity index (χ0n) is 15.3. The summed E-state index contributed by atoms with van der Waals surface area (Å²) in [5.74, 6) is 6.17. The SMILES string of the molecule is CC#CCOc1ccc(S(=O)(=O)N2CCN(Cc3cccnc3)CC2)cc1.